The molecule has 2 heterocycles. The van der Waals surface area contributed by atoms with Crippen LogP contribution in [0.2, 0.25) is 0 Å². The highest BCUT2D eigenvalue weighted by Gasteiger charge is 2.47. The molecule has 0 saturated heterocycles. The van der Waals surface area contributed by atoms with Crippen molar-refractivity contribution in [2.24, 2.45) is 0 Å². The average molecular weight is 321 g/mol. The van der Waals surface area contributed by atoms with Crippen LogP contribution >= 0.6 is 0 Å². The minimum Gasteiger partial charge on any atom is -0.188 e. The van der Waals surface area contributed by atoms with E-state index in [0.29, 0.717) is 0 Å². The molecule has 0 atom stereocenters. The van der Waals surface area contributed by atoms with Crippen molar-refractivity contribution in [3.8, 4) is 11.3 Å². The van der Waals surface area contributed by atoms with E-state index in [2.05, 4.69) is 75.4 Å². The standard InChI is InChI=1S/C23H30N/c1-6-9-12-19-13-14-20-18(5)23(7-2,8-3)24-15-10-11-17(4)22(24)21(20)16-19/h10-11,13-16H,5-9,12H2,1-4H3/q+1. The molecule has 3 rings (SSSR count). The fraction of sp³-hybridized carbons (Fsp3) is 0.435. The number of hydrogen-bond acceptors (Lipinski definition) is 0. The molecule has 1 aromatic heterocycles. The summed E-state index contributed by atoms with van der Waals surface area (Å²) in [6, 6.07) is 11.4. The van der Waals surface area contributed by atoms with Crippen LogP contribution in [0.25, 0.3) is 16.8 Å². The second kappa shape index (κ2) is 6.55. The molecule has 1 aliphatic heterocycles. The molecule has 0 unspecified atom stereocenters. The predicted molar refractivity (Wildman–Crippen MR) is 103 cm³/mol. The number of hydrogen-bond donors (Lipinski definition) is 0. The lowest BCUT2D eigenvalue weighted by Crippen LogP contribution is -2.59. The Morgan fingerprint density at radius 2 is 1.79 bits per heavy atom. The number of allylic oxidation sites excluding steroid dienone is 1. The zero-order chi connectivity index (χ0) is 17.3. The first-order chi connectivity index (χ1) is 11.6. The van der Waals surface area contributed by atoms with Crippen LogP contribution in [0.15, 0.2) is 43.1 Å². The van der Waals surface area contributed by atoms with Crippen LogP contribution < -0.4 is 4.57 Å². The van der Waals surface area contributed by atoms with Crippen LogP contribution in [0, 0.1) is 6.92 Å². The Bertz CT molecular complexity index is 766. The van der Waals surface area contributed by atoms with Crippen LogP contribution in [0.1, 0.15) is 63.1 Å². The molecule has 1 aliphatic rings. The number of pyridine rings is 1. The van der Waals surface area contributed by atoms with Crippen molar-refractivity contribution in [1.29, 1.82) is 0 Å². The van der Waals surface area contributed by atoms with Gasteiger partial charge in [-0.1, -0.05) is 45.9 Å². The lowest BCUT2D eigenvalue weighted by molar-refractivity contribution is -0.741. The van der Waals surface area contributed by atoms with E-state index in [-0.39, 0.29) is 5.54 Å². The molecule has 0 radical (unpaired) electrons. The molecule has 0 saturated carbocycles. The summed E-state index contributed by atoms with van der Waals surface area (Å²) < 4.78 is 2.50. The number of fused-ring (bicyclic) bond motifs is 3. The quantitative estimate of drug-likeness (QED) is 0.610. The van der Waals surface area contributed by atoms with Crippen molar-refractivity contribution in [2.45, 2.75) is 65.3 Å². The Balaban J connectivity index is 2.26. The summed E-state index contributed by atoms with van der Waals surface area (Å²) in [5.74, 6) is 0. The van der Waals surface area contributed by atoms with Crippen molar-refractivity contribution >= 4 is 5.57 Å². The molecule has 1 heteroatoms. The van der Waals surface area contributed by atoms with Crippen LogP contribution in [-0.4, -0.2) is 0 Å². The maximum absolute atomic E-state index is 4.55. The number of nitrogens with zero attached hydrogens (tertiary/aromatic N) is 1. The van der Waals surface area contributed by atoms with Gasteiger partial charge in [0.05, 0.1) is 5.56 Å². The molecule has 0 fully saturated rings. The normalized spacial score (nSPS) is 15.1. The van der Waals surface area contributed by atoms with Gasteiger partial charge in [0.15, 0.2) is 11.7 Å². The lowest BCUT2D eigenvalue weighted by atomic mass is 9.75. The van der Waals surface area contributed by atoms with Crippen LogP contribution in [-0.2, 0) is 12.0 Å². The molecule has 126 valence electrons. The van der Waals surface area contributed by atoms with Gasteiger partial charge in [0.1, 0.15) is 0 Å². The van der Waals surface area contributed by atoms with Gasteiger partial charge in [-0.15, -0.1) is 0 Å². The molecule has 0 aliphatic carbocycles. The average Bonchev–Trinajstić information content (AvgIpc) is 2.61. The Labute approximate surface area is 147 Å². The molecular weight excluding hydrogens is 290 g/mol. The summed E-state index contributed by atoms with van der Waals surface area (Å²) in [6.45, 7) is 13.6. The van der Waals surface area contributed by atoms with Crippen molar-refractivity contribution in [2.75, 3.05) is 0 Å². The zero-order valence-electron chi connectivity index (χ0n) is 15.7. The van der Waals surface area contributed by atoms with Gasteiger partial charge in [0.2, 0.25) is 5.69 Å². The Morgan fingerprint density at radius 3 is 2.46 bits per heavy atom. The van der Waals surface area contributed by atoms with Crippen molar-refractivity contribution in [3.05, 3.63) is 59.8 Å². The fourth-order valence-corrected chi connectivity index (χ4v) is 4.32. The van der Waals surface area contributed by atoms with Crippen LogP contribution in [0.3, 0.4) is 0 Å². The summed E-state index contributed by atoms with van der Waals surface area (Å²) in [6.07, 6.45) is 8.04. The van der Waals surface area contributed by atoms with Gasteiger partial charge in [0.25, 0.3) is 0 Å². The third-order valence-corrected chi connectivity index (χ3v) is 5.87. The van der Waals surface area contributed by atoms with Gasteiger partial charge in [-0.2, -0.15) is 4.57 Å². The minimum absolute atomic E-state index is 0.000706. The number of rotatable bonds is 5. The number of aryl methyl sites for hydroxylation is 2. The van der Waals surface area contributed by atoms with E-state index < -0.39 is 0 Å². The van der Waals surface area contributed by atoms with Gasteiger partial charge < -0.3 is 0 Å². The summed E-state index contributed by atoms with van der Waals surface area (Å²) in [5.41, 5.74) is 8.15. The molecule has 1 nitrogen and oxygen atoms in total. The first-order valence-corrected chi connectivity index (χ1v) is 9.43. The first kappa shape index (κ1) is 17.0. The number of benzene rings is 1. The highest BCUT2D eigenvalue weighted by Crippen LogP contribution is 2.44. The zero-order valence-corrected chi connectivity index (χ0v) is 15.7. The molecule has 24 heavy (non-hydrogen) atoms. The topological polar surface area (TPSA) is 3.88 Å². The summed E-state index contributed by atoms with van der Waals surface area (Å²) in [4.78, 5) is 0. The van der Waals surface area contributed by atoms with Crippen molar-refractivity contribution < 1.29 is 4.57 Å². The maximum atomic E-state index is 4.55. The molecule has 0 N–H and O–H groups in total. The van der Waals surface area contributed by atoms with Gasteiger partial charge in [-0.05, 0) is 43.0 Å². The predicted octanol–water partition coefficient (Wildman–Crippen LogP) is 5.83. The second-order valence-corrected chi connectivity index (χ2v) is 7.11. The summed E-state index contributed by atoms with van der Waals surface area (Å²) >= 11 is 0. The molecule has 0 spiro atoms. The maximum Gasteiger partial charge on any atom is 0.216 e. The van der Waals surface area contributed by atoms with Crippen LogP contribution in [0.4, 0.5) is 0 Å². The van der Waals surface area contributed by atoms with E-state index in [9.17, 15) is 0 Å². The van der Waals surface area contributed by atoms with Gasteiger partial charge in [0, 0.05) is 30.0 Å². The third-order valence-electron chi connectivity index (χ3n) is 5.87. The summed E-state index contributed by atoms with van der Waals surface area (Å²) in [7, 11) is 0. The van der Waals surface area contributed by atoms with Crippen molar-refractivity contribution in [3.63, 3.8) is 0 Å². The van der Waals surface area contributed by atoms with E-state index in [4.69, 9.17) is 0 Å². The largest absolute Gasteiger partial charge is 0.216 e. The highest BCUT2D eigenvalue weighted by molar-refractivity contribution is 5.84. The summed E-state index contributed by atoms with van der Waals surface area (Å²) in [5, 5.41) is 0. The van der Waals surface area contributed by atoms with Gasteiger partial charge in [-0.3, -0.25) is 0 Å². The van der Waals surface area contributed by atoms with E-state index in [0.717, 1.165) is 19.3 Å². The van der Waals surface area contributed by atoms with E-state index in [1.165, 1.54) is 46.4 Å². The Kier molecular flexibility index (Phi) is 4.62. The molecule has 0 bridgehead atoms. The monoisotopic (exact) mass is 320 g/mol. The molecule has 2 aromatic rings. The van der Waals surface area contributed by atoms with Gasteiger partial charge in [-0.25, -0.2) is 0 Å². The Hall–Kier alpha value is -1.89. The van der Waals surface area contributed by atoms with E-state index in [1.54, 1.807) is 0 Å². The second-order valence-electron chi connectivity index (χ2n) is 7.11. The minimum atomic E-state index is -0.000706. The highest BCUT2D eigenvalue weighted by atomic mass is 15.1. The third kappa shape index (κ3) is 2.42. The van der Waals surface area contributed by atoms with E-state index >= 15 is 0 Å². The smallest absolute Gasteiger partial charge is 0.188 e. The first-order valence-electron chi connectivity index (χ1n) is 9.43. The fourth-order valence-electron chi connectivity index (χ4n) is 4.32. The molecular formula is C23H30N+. The molecule has 0 amide bonds. The molecule has 1 aromatic carbocycles. The van der Waals surface area contributed by atoms with Crippen LogP contribution in [0.5, 0.6) is 0 Å². The SMILES string of the molecule is C=C1c2ccc(CCCC)cc2-c2c(C)ccc[n+]2C1(CC)CC. The lowest BCUT2D eigenvalue weighted by Gasteiger charge is -2.35. The van der Waals surface area contributed by atoms with E-state index in [1.807, 2.05) is 0 Å². The van der Waals surface area contributed by atoms with Crippen molar-refractivity contribution in [1.82, 2.24) is 0 Å². The number of unbranched alkanes of at least 4 members (excludes halogenated alkanes) is 1. The Morgan fingerprint density at radius 1 is 1.04 bits per heavy atom. The van der Waals surface area contributed by atoms with Gasteiger partial charge >= 0.3 is 0 Å². The number of aromatic nitrogens is 1.